The number of fused-ring (bicyclic) bond motifs is 1. The maximum atomic E-state index is 13.1. The van der Waals surface area contributed by atoms with Gasteiger partial charge in [0.1, 0.15) is 5.82 Å². The molecule has 3 aromatic carbocycles. The maximum Gasteiger partial charge on any atom is 0.258 e. The van der Waals surface area contributed by atoms with Crippen molar-refractivity contribution >= 4 is 16.8 Å². The number of para-hydroxylation sites is 1. The van der Waals surface area contributed by atoms with Crippen LogP contribution in [0.15, 0.2) is 89.7 Å². The van der Waals surface area contributed by atoms with Crippen molar-refractivity contribution < 1.29 is 4.79 Å². The molecule has 0 bridgehead atoms. The second-order valence-corrected chi connectivity index (χ2v) is 7.25. The Morgan fingerprint density at radius 3 is 2.17 bits per heavy atom. The summed E-state index contributed by atoms with van der Waals surface area (Å²) < 4.78 is 0. The quantitative estimate of drug-likeness (QED) is 0.511. The SMILES string of the molecule is O=C(CCc1ccccc1)N(Cc1ccccc1)Cc1nc2ccccc2c(=O)[nH]1. The molecule has 30 heavy (non-hydrogen) atoms. The lowest BCUT2D eigenvalue weighted by atomic mass is 10.1. The molecule has 0 radical (unpaired) electrons. The minimum atomic E-state index is -0.188. The van der Waals surface area contributed by atoms with E-state index < -0.39 is 0 Å². The molecular formula is C25H23N3O2. The van der Waals surface area contributed by atoms with E-state index in [0.717, 1.165) is 11.1 Å². The van der Waals surface area contributed by atoms with Crippen LogP contribution in [0.3, 0.4) is 0 Å². The molecule has 0 aliphatic heterocycles. The number of aromatic amines is 1. The summed E-state index contributed by atoms with van der Waals surface area (Å²) in [5, 5.41) is 0.547. The molecule has 4 aromatic rings. The number of carbonyl (C=O) groups is 1. The van der Waals surface area contributed by atoms with Crippen LogP contribution >= 0.6 is 0 Å². The average molecular weight is 397 g/mol. The topological polar surface area (TPSA) is 66.1 Å². The van der Waals surface area contributed by atoms with E-state index in [9.17, 15) is 9.59 Å². The molecule has 1 N–H and O–H groups in total. The number of carbonyl (C=O) groups excluding carboxylic acids is 1. The number of hydrogen-bond acceptors (Lipinski definition) is 3. The molecule has 0 spiro atoms. The molecule has 0 unspecified atom stereocenters. The van der Waals surface area contributed by atoms with Gasteiger partial charge in [0.05, 0.1) is 17.4 Å². The van der Waals surface area contributed by atoms with E-state index in [2.05, 4.69) is 9.97 Å². The molecule has 5 nitrogen and oxygen atoms in total. The number of aryl methyl sites for hydroxylation is 1. The third-order valence-corrected chi connectivity index (χ3v) is 5.04. The molecule has 150 valence electrons. The zero-order valence-corrected chi connectivity index (χ0v) is 16.6. The number of benzene rings is 3. The number of nitrogens with one attached hydrogen (secondary N) is 1. The van der Waals surface area contributed by atoms with Crippen LogP contribution in [0.4, 0.5) is 0 Å². The lowest BCUT2D eigenvalue weighted by Crippen LogP contribution is -2.32. The number of rotatable bonds is 7. The van der Waals surface area contributed by atoms with Gasteiger partial charge in [-0.1, -0.05) is 72.8 Å². The number of amides is 1. The van der Waals surface area contributed by atoms with Crippen LogP contribution in [0, 0.1) is 0 Å². The van der Waals surface area contributed by atoms with E-state index in [1.165, 1.54) is 0 Å². The van der Waals surface area contributed by atoms with Crippen LogP contribution in [0.1, 0.15) is 23.4 Å². The zero-order chi connectivity index (χ0) is 20.8. The molecule has 5 heteroatoms. The van der Waals surface area contributed by atoms with Gasteiger partial charge in [-0.3, -0.25) is 9.59 Å². The maximum absolute atomic E-state index is 13.1. The molecule has 0 saturated carbocycles. The summed E-state index contributed by atoms with van der Waals surface area (Å²) in [6, 6.07) is 27.1. The smallest absolute Gasteiger partial charge is 0.258 e. The Kier molecular flexibility index (Phi) is 5.99. The van der Waals surface area contributed by atoms with Crippen molar-refractivity contribution in [1.82, 2.24) is 14.9 Å². The van der Waals surface area contributed by atoms with E-state index in [0.29, 0.717) is 36.1 Å². The normalized spacial score (nSPS) is 10.8. The third kappa shape index (κ3) is 4.81. The van der Waals surface area contributed by atoms with Crippen LogP contribution in [0.5, 0.6) is 0 Å². The predicted molar refractivity (Wildman–Crippen MR) is 118 cm³/mol. The fourth-order valence-electron chi connectivity index (χ4n) is 3.48. The fourth-order valence-corrected chi connectivity index (χ4v) is 3.48. The van der Waals surface area contributed by atoms with Crippen molar-refractivity contribution in [3.05, 3.63) is 112 Å². The standard InChI is InChI=1S/C25H23N3O2/c29-24(16-15-19-9-3-1-4-10-19)28(17-20-11-5-2-6-12-20)18-23-26-22-14-8-7-13-21(22)25(30)27-23/h1-14H,15-18H2,(H,26,27,30). The second kappa shape index (κ2) is 9.18. The van der Waals surface area contributed by atoms with E-state index in [4.69, 9.17) is 0 Å². The molecule has 0 saturated heterocycles. The largest absolute Gasteiger partial charge is 0.331 e. The molecule has 1 heterocycles. The highest BCUT2D eigenvalue weighted by Gasteiger charge is 2.16. The Morgan fingerprint density at radius 2 is 1.43 bits per heavy atom. The monoisotopic (exact) mass is 397 g/mol. The Morgan fingerprint density at radius 1 is 0.800 bits per heavy atom. The first-order chi connectivity index (χ1) is 14.7. The molecular weight excluding hydrogens is 374 g/mol. The second-order valence-electron chi connectivity index (χ2n) is 7.25. The highest BCUT2D eigenvalue weighted by molar-refractivity contribution is 5.78. The van der Waals surface area contributed by atoms with Gasteiger partial charge in [-0.15, -0.1) is 0 Å². The van der Waals surface area contributed by atoms with Crippen molar-refractivity contribution in [3.8, 4) is 0 Å². The van der Waals surface area contributed by atoms with Gasteiger partial charge < -0.3 is 9.88 Å². The van der Waals surface area contributed by atoms with Gasteiger partial charge in [0, 0.05) is 13.0 Å². The first-order valence-corrected chi connectivity index (χ1v) is 10.0. The Hall–Kier alpha value is -3.73. The van der Waals surface area contributed by atoms with Crippen LogP contribution in [-0.4, -0.2) is 20.8 Å². The van der Waals surface area contributed by atoms with Gasteiger partial charge in [0.15, 0.2) is 0 Å². The predicted octanol–water partition coefficient (Wildman–Crippen LogP) is 4.08. The van der Waals surface area contributed by atoms with Crippen molar-refractivity contribution in [1.29, 1.82) is 0 Å². The highest BCUT2D eigenvalue weighted by Crippen LogP contribution is 2.13. The molecule has 0 atom stereocenters. The van der Waals surface area contributed by atoms with E-state index in [-0.39, 0.29) is 18.0 Å². The lowest BCUT2D eigenvalue weighted by Gasteiger charge is -2.22. The molecule has 1 aromatic heterocycles. The minimum Gasteiger partial charge on any atom is -0.331 e. The van der Waals surface area contributed by atoms with Gasteiger partial charge in [0.25, 0.3) is 5.56 Å². The summed E-state index contributed by atoms with van der Waals surface area (Å²) in [7, 11) is 0. The highest BCUT2D eigenvalue weighted by atomic mass is 16.2. The first kappa shape index (κ1) is 19.6. The van der Waals surface area contributed by atoms with Gasteiger partial charge in [-0.05, 0) is 29.7 Å². The summed E-state index contributed by atoms with van der Waals surface area (Å²) >= 11 is 0. The Bertz CT molecular complexity index is 1190. The van der Waals surface area contributed by atoms with Gasteiger partial charge in [-0.2, -0.15) is 0 Å². The Labute approximate surface area is 175 Å². The Balaban J connectivity index is 1.56. The van der Waals surface area contributed by atoms with E-state index in [1.807, 2.05) is 78.9 Å². The number of aromatic nitrogens is 2. The van der Waals surface area contributed by atoms with Crippen LogP contribution < -0.4 is 5.56 Å². The summed E-state index contributed by atoms with van der Waals surface area (Å²) in [5.74, 6) is 0.515. The molecule has 0 aliphatic rings. The van der Waals surface area contributed by atoms with Crippen LogP contribution in [-0.2, 0) is 24.3 Å². The van der Waals surface area contributed by atoms with Gasteiger partial charge in [-0.25, -0.2) is 4.98 Å². The molecule has 0 aliphatic carbocycles. The number of nitrogens with zero attached hydrogens (tertiary/aromatic N) is 2. The average Bonchev–Trinajstić information content (AvgIpc) is 2.78. The first-order valence-electron chi connectivity index (χ1n) is 10.0. The van der Waals surface area contributed by atoms with Crippen molar-refractivity contribution in [2.24, 2.45) is 0 Å². The lowest BCUT2D eigenvalue weighted by molar-refractivity contribution is -0.132. The summed E-state index contributed by atoms with van der Waals surface area (Å²) in [4.78, 5) is 34.7. The number of H-pyrrole nitrogens is 1. The minimum absolute atomic E-state index is 0.0264. The van der Waals surface area contributed by atoms with Crippen molar-refractivity contribution in [3.63, 3.8) is 0 Å². The third-order valence-electron chi connectivity index (χ3n) is 5.04. The van der Waals surface area contributed by atoms with Crippen molar-refractivity contribution in [2.75, 3.05) is 0 Å². The van der Waals surface area contributed by atoms with Crippen LogP contribution in [0.2, 0.25) is 0 Å². The molecule has 4 rings (SSSR count). The van der Waals surface area contributed by atoms with E-state index >= 15 is 0 Å². The van der Waals surface area contributed by atoms with Gasteiger partial charge >= 0.3 is 0 Å². The molecule has 1 amide bonds. The van der Waals surface area contributed by atoms with Gasteiger partial charge in [0.2, 0.25) is 5.91 Å². The zero-order valence-electron chi connectivity index (χ0n) is 16.6. The van der Waals surface area contributed by atoms with Crippen LogP contribution in [0.25, 0.3) is 10.9 Å². The van der Waals surface area contributed by atoms with E-state index in [1.54, 1.807) is 11.0 Å². The summed E-state index contributed by atoms with van der Waals surface area (Å²) in [5.41, 5.74) is 2.61. The fraction of sp³-hybridized carbons (Fsp3) is 0.160. The number of hydrogen-bond donors (Lipinski definition) is 1. The van der Waals surface area contributed by atoms with Crippen molar-refractivity contribution in [2.45, 2.75) is 25.9 Å². The summed E-state index contributed by atoms with van der Waals surface area (Å²) in [6.45, 7) is 0.716. The molecule has 0 fully saturated rings. The summed E-state index contributed by atoms with van der Waals surface area (Å²) in [6.07, 6.45) is 1.07.